The molecule has 0 aliphatic rings. The van der Waals surface area contributed by atoms with Gasteiger partial charge in [-0.2, -0.15) is 10.2 Å². The molecule has 0 unspecified atom stereocenters. The minimum atomic E-state index is -0.707. The second kappa shape index (κ2) is 9.80. The maximum absolute atomic E-state index is 14.1. The number of carbonyl (C=O) groups excluding carboxylic acids is 1. The van der Waals surface area contributed by atoms with Gasteiger partial charge in [-0.15, -0.1) is 10.2 Å². The molecule has 0 fully saturated rings. The predicted octanol–water partition coefficient (Wildman–Crippen LogP) is 2.03. The molecule has 0 saturated carbocycles. The Labute approximate surface area is 227 Å². The Kier molecular flexibility index (Phi) is 6.01. The van der Waals surface area contributed by atoms with Gasteiger partial charge in [0.05, 0.1) is 46.8 Å². The molecule has 12 heteroatoms. The highest BCUT2D eigenvalue weighted by Gasteiger charge is 2.25. The number of nitrogens with zero attached hydrogens (tertiary/aromatic N) is 8. The monoisotopic (exact) mass is 530 g/mol. The van der Waals surface area contributed by atoms with Crippen LogP contribution in [0.15, 0.2) is 78.1 Å². The Bertz CT molecular complexity index is 2030. The SMILES string of the molecule is C[C@H](NC(=O)c1c(N)nn2ccnnc12)c1nc2cccc(C#Cc3cnn(C)c3)c2c(=O)n1-c1ccccc1. The van der Waals surface area contributed by atoms with E-state index in [1.165, 1.54) is 15.3 Å². The summed E-state index contributed by atoms with van der Waals surface area (Å²) in [5, 5.41) is 19.4. The lowest BCUT2D eigenvalue weighted by Gasteiger charge is -2.20. The molecule has 4 heterocycles. The molecule has 2 aromatic carbocycles. The fraction of sp³-hybridized carbons (Fsp3) is 0.107. The number of nitrogens with two attached hydrogens (primary N) is 1. The Hall–Kier alpha value is -5.83. The van der Waals surface area contributed by atoms with Crippen molar-refractivity contribution in [2.24, 2.45) is 7.05 Å². The zero-order valence-corrected chi connectivity index (χ0v) is 21.5. The molecule has 6 rings (SSSR count). The lowest BCUT2D eigenvalue weighted by molar-refractivity contribution is 0.0940. The van der Waals surface area contributed by atoms with E-state index in [2.05, 4.69) is 37.6 Å². The van der Waals surface area contributed by atoms with Crippen molar-refractivity contribution in [3.8, 4) is 17.5 Å². The van der Waals surface area contributed by atoms with Crippen LogP contribution in [0.3, 0.4) is 0 Å². The normalized spacial score (nSPS) is 11.8. The highest BCUT2D eigenvalue weighted by atomic mass is 16.2. The van der Waals surface area contributed by atoms with E-state index < -0.39 is 11.9 Å². The van der Waals surface area contributed by atoms with E-state index >= 15 is 0 Å². The molecule has 0 saturated heterocycles. The van der Waals surface area contributed by atoms with E-state index in [1.807, 2.05) is 25.2 Å². The summed E-state index contributed by atoms with van der Waals surface area (Å²) in [6.07, 6.45) is 6.44. The topological polar surface area (TPSA) is 151 Å². The zero-order chi connectivity index (χ0) is 27.8. The Morgan fingerprint density at radius 1 is 1.10 bits per heavy atom. The van der Waals surface area contributed by atoms with Gasteiger partial charge < -0.3 is 11.1 Å². The van der Waals surface area contributed by atoms with Crippen LogP contribution in [0.5, 0.6) is 0 Å². The number of hydrogen-bond donors (Lipinski definition) is 2. The molecule has 4 aromatic heterocycles. The number of carbonyl (C=O) groups is 1. The average molecular weight is 531 g/mol. The number of nitrogen functional groups attached to an aromatic ring is 1. The van der Waals surface area contributed by atoms with Crippen LogP contribution in [-0.4, -0.2) is 45.1 Å². The number of aromatic nitrogens is 8. The fourth-order valence-electron chi connectivity index (χ4n) is 4.47. The number of aryl methyl sites for hydroxylation is 1. The first-order chi connectivity index (χ1) is 19.4. The maximum Gasteiger partial charge on any atom is 0.267 e. The largest absolute Gasteiger partial charge is 0.381 e. The molecule has 0 aliphatic carbocycles. The predicted molar refractivity (Wildman–Crippen MR) is 148 cm³/mol. The third-order valence-electron chi connectivity index (χ3n) is 6.29. The van der Waals surface area contributed by atoms with Crippen molar-refractivity contribution in [2.45, 2.75) is 13.0 Å². The summed E-state index contributed by atoms with van der Waals surface area (Å²) in [5.74, 6) is 5.97. The molecule has 0 spiro atoms. The Morgan fingerprint density at radius 2 is 1.93 bits per heavy atom. The summed E-state index contributed by atoms with van der Waals surface area (Å²) in [6, 6.07) is 13.7. The summed E-state index contributed by atoms with van der Waals surface area (Å²) < 4.78 is 4.53. The van der Waals surface area contributed by atoms with Gasteiger partial charge in [-0.3, -0.25) is 18.8 Å². The first-order valence-electron chi connectivity index (χ1n) is 12.3. The third kappa shape index (κ3) is 4.31. The average Bonchev–Trinajstić information content (AvgIpc) is 3.53. The van der Waals surface area contributed by atoms with E-state index in [9.17, 15) is 9.59 Å². The maximum atomic E-state index is 14.1. The van der Waals surface area contributed by atoms with Crippen LogP contribution < -0.4 is 16.6 Å². The quantitative estimate of drug-likeness (QED) is 0.329. The second-order valence-electron chi connectivity index (χ2n) is 9.04. The molecule has 40 heavy (non-hydrogen) atoms. The second-order valence-corrected chi connectivity index (χ2v) is 9.04. The van der Waals surface area contributed by atoms with Crippen molar-refractivity contribution < 1.29 is 4.79 Å². The van der Waals surface area contributed by atoms with Crippen LogP contribution in [-0.2, 0) is 7.05 Å². The highest BCUT2D eigenvalue weighted by Crippen LogP contribution is 2.22. The van der Waals surface area contributed by atoms with E-state index in [1.54, 1.807) is 60.5 Å². The number of anilines is 1. The molecule has 0 aliphatic heterocycles. The molecule has 196 valence electrons. The summed E-state index contributed by atoms with van der Waals surface area (Å²) in [7, 11) is 1.81. The summed E-state index contributed by atoms with van der Waals surface area (Å²) in [4.78, 5) is 32.3. The van der Waals surface area contributed by atoms with Crippen LogP contribution in [0.1, 0.15) is 40.3 Å². The molecular formula is C28H22N10O2. The van der Waals surface area contributed by atoms with Crippen LogP contribution in [0.4, 0.5) is 5.82 Å². The minimum Gasteiger partial charge on any atom is -0.381 e. The number of rotatable bonds is 4. The van der Waals surface area contributed by atoms with E-state index in [0.29, 0.717) is 28.0 Å². The molecule has 3 N–H and O–H groups in total. The molecule has 12 nitrogen and oxygen atoms in total. The lowest BCUT2D eigenvalue weighted by Crippen LogP contribution is -2.33. The number of benzene rings is 2. The Balaban J connectivity index is 1.48. The zero-order valence-electron chi connectivity index (χ0n) is 21.5. The van der Waals surface area contributed by atoms with Gasteiger partial charge >= 0.3 is 0 Å². The van der Waals surface area contributed by atoms with Crippen molar-refractivity contribution in [3.05, 3.63) is 106 Å². The molecule has 0 radical (unpaired) electrons. The number of nitrogens with one attached hydrogen (secondary N) is 1. The van der Waals surface area contributed by atoms with Gasteiger partial charge in [0.15, 0.2) is 11.5 Å². The number of hydrogen-bond acceptors (Lipinski definition) is 8. The fourth-order valence-corrected chi connectivity index (χ4v) is 4.47. The first-order valence-corrected chi connectivity index (χ1v) is 12.3. The minimum absolute atomic E-state index is 0.00829. The lowest BCUT2D eigenvalue weighted by atomic mass is 10.1. The summed E-state index contributed by atoms with van der Waals surface area (Å²) >= 11 is 0. The van der Waals surface area contributed by atoms with Gasteiger partial charge in [0, 0.05) is 18.8 Å². The third-order valence-corrected chi connectivity index (χ3v) is 6.29. The number of amides is 1. The van der Waals surface area contributed by atoms with Crippen molar-refractivity contribution in [1.82, 2.24) is 44.5 Å². The van der Waals surface area contributed by atoms with Crippen molar-refractivity contribution in [2.75, 3.05) is 5.73 Å². The van der Waals surface area contributed by atoms with Gasteiger partial charge in [-0.25, -0.2) is 9.50 Å². The number of fused-ring (bicyclic) bond motifs is 2. The molecular weight excluding hydrogens is 508 g/mol. The van der Waals surface area contributed by atoms with E-state index in [-0.39, 0.29) is 22.6 Å². The number of para-hydroxylation sites is 1. The molecule has 6 aromatic rings. The first kappa shape index (κ1) is 24.5. The van der Waals surface area contributed by atoms with Crippen molar-refractivity contribution >= 4 is 28.3 Å². The van der Waals surface area contributed by atoms with Gasteiger partial charge in [-0.05, 0) is 31.2 Å². The smallest absolute Gasteiger partial charge is 0.267 e. The van der Waals surface area contributed by atoms with Crippen LogP contribution in [0.25, 0.3) is 22.2 Å². The highest BCUT2D eigenvalue weighted by molar-refractivity contribution is 6.04. The van der Waals surface area contributed by atoms with Gasteiger partial charge in [0.25, 0.3) is 11.5 Å². The van der Waals surface area contributed by atoms with Crippen molar-refractivity contribution in [3.63, 3.8) is 0 Å². The Morgan fingerprint density at radius 3 is 2.70 bits per heavy atom. The van der Waals surface area contributed by atoms with Crippen LogP contribution >= 0.6 is 0 Å². The molecule has 1 amide bonds. The molecule has 0 bridgehead atoms. The summed E-state index contributed by atoms with van der Waals surface area (Å²) in [5.41, 5.74) is 8.31. The van der Waals surface area contributed by atoms with Gasteiger partial charge in [-0.1, -0.05) is 36.1 Å². The van der Waals surface area contributed by atoms with Crippen LogP contribution in [0.2, 0.25) is 0 Å². The van der Waals surface area contributed by atoms with E-state index in [0.717, 1.165) is 5.56 Å². The molecule has 1 atom stereocenters. The van der Waals surface area contributed by atoms with Gasteiger partial charge in [0.2, 0.25) is 0 Å². The standard InChI is InChI=1S/C28H22N10O2/c1-17(32-27(39)23-24(29)35-37-14-13-30-34-26(23)37)25-33-21-10-6-7-19(12-11-18-15-31-36(2)16-18)22(21)28(40)38(25)20-8-4-3-5-9-20/h3-10,13-17H,1-2H3,(H2,29,35)(H,32,39)/t17-/m0/s1. The van der Waals surface area contributed by atoms with E-state index in [4.69, 9.17) is 10.7 Å². The van der Waals surface area contributed by atoms with Crippen molar-refractivity contribution in [1.29, 1.82) is 0 Å². The summed E-state index contributed by atoms with van der Waals surface area (Å²) in [6.45, 7) is 1.74. The van der Waals surface area contributed by atoms with Crippen LogP contribution in [0, 0.1) is 11.8 Å². The van der Waals surface area contributed by atoms with Gasteiger partial charge in [0.1, 0.15) is 11.4 Å².